The van der Waals surface area contributed by atoms with Crippen LogP contribution in [0.15, 0.2) is 48.5 Å². The molecule has 0 amide bonds. The van der Waals surface area contributed by atoms with Crippen molar-refractivity contribution in [1.82, 2.24) is 10.2 Å². The quantitative estimate of drug-likeness (QED) is 0.290. The van der Waals surface area contributed by atoms with Gasteiger partial charge in [0, 0.05) is 11.1 Å². The molecule has 0 aliphatic heterocycles. The molecular formula is C25H32N2OS. The van der Waals surface area contributed by atoms with E-state index in [-0.39, 0.29) is 0 Å². The predicted octanol–water partition coefficient (Wildman–Crippen LogP) is 7.56. The molecule has 0 bridgehead atoms. The molecule has 154 valence electrons. The first-order valence-corrected chi connectivity index (χ1v) is 11.8. The third kappa shape index (κ3) is 6.67. The van der Waals surface area contributed by atoms with E-state index in [9.17, 15) is 0 Å². The summed E-state index contributed by atoms with van der Waals surface area (Å²) in [6.45, 7) is 5.25. The lowest BCUT2D eigenvalue weighted by Gasteiger charge is -2.06. The molecule has 29 heavy (non-hydrogen) atoms. The van der Waals surface area contributed by atoms with Crippen LogP contribution in [0, 0.1) is 0 Å². The minimum Gasteiger partial charge on any atom is -0.494 e. The highest BCUT2D eigenvalue weighted by Crippen LogP contribution is 2.31. The summed E-state index contributed by atoms with van der Waals surface area (Å²) in [6.07, 6.45) is 9.86. The van der Waals surface area contributed by atoms with E-state index in [1.54, 1.807) is 11.3 Å². The van der Waals surface area contributed by atoms with Crippen LogP contribution in [0.4, 0.5) is 0 Å². The Morgan fingerprint density at radius 3 is 1.90 bits per heavy atom. The fourth-order valence-electron chi connectivity index (χ4n) is 3.26. The highest BCUT2D eigenvalue weighted by Gasteiger charge is 2.09. The van der Waals surface area contributed by atoms with Crippen molar-refractivity contribution < 1.29 is 4.74 Å². The molecule has 3 aromatic rings. The van der Waals surface area contributed by atoms with E-state index in [0.717, 1.165) is 46.3 Å². The Hall–Kier alpha value is -2.20. The summed E-state index contributed by atoms with van der Waals surface area (Å²) < 4.78 is 5.83. The normalized spacial score (nSPS) is 11.0. The topological polar surface area (TPSA) is 35.0 Å². The van der Waals surface area contributed by atoms with Crippen molar-refractivity contribution in [3.05, 3.63) is 54.1 Å². The average Bonchev–Trinajstić information content (AvgIpc) is 3.25. The Morgan fingerprint density at radius 2 is 1.28 bits per heavy atom. The molecule has 0 aliphatic rings. The lowest BCUT2D eigenvalue weighted by molar-refractivity contribution is 0.305. The average molecular weight is 409 g/mol. The number of hydrogen-bond donors (Lipinski definition) is 0. The Morgan fingerprint density at radius 1 is 0.690 bits per heavy atom. The van der Waals surface area contributed by atoms with Gasteiger partial charge in [-0.05, 0) is 49.1 Å². The Bertz CT molecular complexity index is 840. The third-order valence-electron chi connectivity index (χ3n) is 5.06. The van der Waals surface area contributed by atoms with Crippen LogP contribution in [0.25, 0.3) is 21.1 Å². The van der Waals surface area contributed by atoms with Crippen molar-refractivity contribution >= 4 is 11.3 Å². The molecule has 4 heteroatoms. The predicted molar refractivity (Wildman–Crippen MR) is 124 cm³/mol. The molecule has 0 fully saturated rings. The lowest BCUT2D eigenvalue weighted by Crippen LogP contribution is -1.96. The van der Waals surface area contributed by atoms with Crippen molar-refractivity contribution in [1.29, 1.82) is 0 Å². The standard InChI is InChI=1S/C25H32N2OS/c1-3-5-7-9-19-28-23-17-15-22(16-18-23)25-27-26-24(29-25)21-13-11-20(12-14-21)10-8-6-4-2/h11-18H,3-10,19H2,1-2H3. The fraction of sp³-hybridized carbons (Fsp3) is 0.440. The summed E-state index contributed by atoms with van der Waals surface area (Å²) in [6, 6.07) is 17.0. The van der Waals surface area contributed by atoms with E-state index in [0.29, 0.717) is 0 Å². The van der Waals surface area contributed by atoms with Crippen LogP contribution < -0.4 is 4.74 Å². The minimum atomic E-state index is 0.788. The van der Waals surface area contributed by atoms with E-state index in [2.05, 4.69) is 60.4 Å². The zero-order valence-electron chi connectivity index (χ0n) is 17.7. The molecule has 0 atom stereocenters. The summed E-state index contributed by atoms with van der Waals surface area (Å²) in [5, 5.41) is 10.7. The highest BCUT2D eigenvalue weighted by atomic mass is 32.1. The molecule has 3 nitrogen and oxygen atoms in total. The van der Waals surface area contributed by atoms with Crippen LogP contribution >= 0.6 is 11.3 Å². The molecule has 0 N–H and O–H groups in total. The maximum Gasteiger partial charge on any atom is 0.148 e. The number of hydrogen-bond acceptors (Lipinski definition) is 4. The van der Waals surface area contributed by atoms with Gasteiger partial charge in [0.15, 0.2) is 0 Å². The van der Waals surface area contributed by atoms with Crippen molar-refractivity contribution in [3.63, 3.8) is 0 Å². The monoisotopic (exact) mass is 408 g/mol. The minimum absolute atomic E-state index is 0.788. The number of aromatic nitrogens is 2. The van der Waals surface area contributed by atoms with Crippen molar-refractivity contribution in [2.24, 2.45) is 0 Å². The summed E-state index contributed by atoms with van der Waals surface area (Å²) in [4.78, 5) is 0. The highest BCUT2D eigenvalue weighted by molar-refractivity contribution is 7.17. The molecule has 0 radical (unpaired) electrons. The number of unbranched alkanes of at least 4 members (excludes halogenated alkanes) is 5. The van der Waals surface area contributed by atoms with Gasteiger partial charge >= 0.3 is 0 Å². The van der Waals surface area contributed by atoms with Crippen LogP contribution in [-0.2, 0) is 6.42 Å². The summed E-state index contributed by atoms with van der Waals surface area (Å²) >= 11 is 1.64. The van der Waals surface area contributed by atoms with E-state index in [4.69, 9.17) is 4.74 Å². The molecule has 1 aromatic heterocycles. The maximum absolute atomic E-state index is 5.83. The smallest absolute Gasteiger partial charge is 0.148 e. The molecular weight excluding hydrogens is 376 g/mol. The summed E-state index contributed by atoms with van der Waals surface area (Å²) in [7, 11) is 0. The van der Waals surface area contributed by atoms with E-state index >= 15 is 0 Å². The Labute approximate surface area is 179 Å². The van der Waals surface area contributed by atoms with Gasteiger partial charge in [-0.15, -0.1) is 10.2 Å². The van der Waals surface area contributed by atoms with Gasteiger partial charge in [-0.3, -0.25) is 0 Å². The largest absolute Gasteiger partial charge is 0.494 e. The maximum atomic E-state index is 5.83. The van der Waals surface area contributed by atoms with Gasteiger partial charge in [0.05, 0.1) is 6.61 Å². The molecule has 0 saturated carbocycles. The molecule has 1 heterocycles. The SMILES string of the molecule is CCCCCCOc1ccc(-c2nnc(-c3ccc(CCCCC)cc3)s2)cc1. The van der Waals surface area contributed by atoms with Gasteiger partial charge in [0.25, 0.3) is 0 Å². The molecule has 0 aliphatic carbocycles. The van der Waals surface area contributed by atoms with Crippen LogP contribution in [0.3, 0.4) is 0 Å². The van der Waals surface area contributed by atoms with Gasteiger partial charge in [0.2, 0.25) is 0 Å². The first-order chi connectivity index (χ1) is 14.3. The number of nitrogens with zero attached hydrogens (tertiary/aromatic N) is 2. The third-order valence-corrected chi connectivity index (χ3v) is 6.08. The van der Waals surface area contributed by atoms with E-state index in [1.165, 1.54) is 44.1 Å². The lowest BCUT2D eigenvalue weighted by atomic mass is 10.1. The van der Waals surface area contributed by atoms with Gasteiger partial charge in [-0.1, -0.05) is 81.6 Å². The van der Waals surface area contributed by atoms with E-state index in [1.807, 2.05) is 12.1 Å². The molecule has 0 saturated heterocycles. The van der Waals surface area contributed by atoms with Gasteiger partial charge in [-0.25, -0.2) is 0 Å². The van der Waals surface area contributed by atoms with Gasteiger partial charge < -0.3 is 4.74 Å². The second kappa shape index (κ2) is 11.7. The number of rotatable bonds is 12. The molecule has 0 unspecified atom stereocenters. The summed E-state index contributed by atoms with van der Waals surface area (Å²) in [5.74, 6) is 0.925. The van der Waals surface area contributed by atoms with Crippen LogP contribution in [-0.4, -0.2) is 16.8 Å². The second-order valence-corrected chi connectivity index (χ2v) is 8.48. The van der Waals surface area contributed by atoms with Crippen molar-refractivity contribution in [3.8, 4) is 26.9 Å². The van der Waals surface area contributed by atoms with E-state index < -0.39 is 0 Å². The first-order valence-electron chi connectivity index (χ1n) is 11.0. The van der Waals surface area contributed by atoms with Gasteiger partial charge in [-0.2, -0.15) is 0 Å². The number of benzene rings is 2. The zero-order chi connectivity index (χ0) is 20.3. The van der Waals surface area contributed by atoms with Crippen molar-refractivity contribution in [2.45, 2.75) is 65.2 Å². The summed E-state index contributed by atoms with van der Waals surface area (Å²) in [5.41, 5.74) is 3.63. The first kappa shape index (κ1) is 21.5. The van der Waals surface area contributed by atoms with Crippen LogP contribution in [0.5, 0.6) is 5.75 Å². The molecule has 0 spiro atoms. The fourth-order valence-corrected chi connectivity index (χ4v) is 4.12. The van der Waals surface area contributed by atoms with Crippen LogP contribution in [0.2, 0.25) is 0 Å². The second-order valence-electron chi connectivity index (χ2n) is 7.50. The molecule has 3 rings (SSSR count). The number of aryl methyl sites for hydroxylation is 1. The molecule has 2 aromatic carbocycles. The van der Waals surface area contributed by atoms with Crippen molar-refractivity contribution in [2.75, 3.05) is 6.61 Å². The van der Waals surface area contributed by atoms with Gasteiger partial charge in [0.1, 0.15) is 15.8 Å². The Kier molecular flexibility index (Phi) is 8.69. The number of ether oxygens (including phenoxy) is 1. The Balaban J connectivity index is 1.56. The zero-order valence-corrected chi connectivity index (χ0v) is 18.5. The van der Waals surface area contributed by atoms with Crippen LogP contribution in [0.1, 0.15) is 64.4 Å².